The second kappa shape index (κ2) is 2.48. The highest BCUT2D eigenvalue weighted by molar-refractivity contribution is 4.90. The molecule has 0 saturated heterocycles. The lowest BCUT2D eigenvalue weighted by atomic mass is 10.9. The van der Waals surface area contributed by atoms with Gasteiger partial charge in [-0.1, -0.05) is 0 Å². The lowest BCUT2D eigenvalue weighted by Gasteiger charge is -2.05. The quantitative estimate of drug-likeness (QED) is 0.595. The Bertz CT molecular complexity index is 190. The third-order valence-electron chi connectivity index (χ3n) is 0.766. The molecule has 1 heterocycles. The Morgan fingerprint density at radius 1 is 1.36 bits per heavy atom. The van der Waals surface area contributed by atoms with Crippen LogP contribution < -0.4 is 0 Å². The number of halogens is 4. The van der Waals surface area contributed by atoms with E-state index in [0.29, 0.717) is 0 Å². The topological polar surface area (TPSA) is 27.7 Å². The van der Waals surface area contributed by atoms with E-state index in [1.807, 2.05) is 0 Å². The van der Waals surface area contributed by atoms with Crippen molar-refractivity contribution in [3.8, 4) is 0 Å². The van der Waals surface area contributed by atoms with Crippen molar-refractivity contribution in [1.82, 2.24) is 0 Å². The van der Waals surface area contributed by atoms with Crippen molar-refractivity contribution < 1.29 is 31.8 Å². The molecule has 0 fully saturated rings. The van der Waals surface area contributed by atoms with Gasteiger partial charge in [0.15, 0.2) is 0 Å². The van der Waals surface area contributed by atoms with E-state index >= 15 is 0 Å². The van der Waals surface area contributed by atoms with Crippen LogP contribution in [0.3, 0.4) is 0 Å². The molecule has 0 aromatic rings. The van der Waals surface area contributed by atoms with Gasteiger partial charge >= 0.3 is 18.3 Å². The summed E-state index contributed by atoms with van der Waals surface area (Å²) >= 11 is 0. The Balaban J connectivity index is 2.60. The molecule has 1 aliphatic rings. The summed E-state index contributed by atoms with van der Waals surface area (Å²) in [6.07, 6.45) is -4.10. The Morgan fingerprint density at radius 3 is 2.36 bits per heavy atom. The molecule has 0 aliphatic carbocycles. The molecule has 0 aromatic heterocycles. The minimum Gasteiger partial charge on any atom is -0.429 e. The minimum atomic E-state index is -4.10. The Kier molecular flexibility index (Phi) is 1.79. The Morgan fingerprint density at radius 2 is 2.00 bits per heavy atom. The maximum absolute atomic E-state index is 12.0. The first-order valence-electron chi connectivity index (χ1n) is 2.39. The molecular weight excluding hydrogens is 172 g/mol. The zero-order valence-corrected chi connectivity index (χ0v) is 4.94. The first-order valence-corrected chi connectivity index (χ1v) is 2.39. The number of alkyl halides is 3. The van der Waals surface area contributed by atoms with Gasteiger partial charge < -0.3 is 14.2 Å². The van der Waals surface area contributed by atoms with Crippen LogP contribution in [-0.4, -0.2) is 13.2 Å². The van der Waals surface area contributed by atoms with E-state index in [-0.39, 0.29) is 0 Å². The van der Waals surface area contributed by atoms with E-state index in [0.717, 1.165) is 0 Å². The Labute approximate surface area is 58.1 Å². The molecule has 0 radical (unpaired) electrons. The zero-order valence-electron chi connectivity index (χ0n) is 4.94. The van der Waals surface area contributed by atoms with Gasteiger partial charge in [-0.2, -0.15) is 4.39 Å². The smallest absolute Gasteiger partial charge is 0.429 e. The van der Waals surface area contributed by atoms with Crippen LogP contribution in [0.25, 0.3) is 0 Å². The van der Waals surface area contributed by atoms with E-state index in [2.05, 4.69) is 14.2 Å². The third kappa shape index (κ3) is 1.66. The molecule has 0 unspecified atom stereocenters. The molecule has 1 aliphatic heterocycles. The van der Waals surface area contributed by atoms with Crippen LogP contribution in [-0.2, 0) is 14.2 Å². The molecular formula is C4H2F4O3. The number of hydrogen-bond donors (Lipinski definition) is 0. The molecule has 3 nitrogen and oxygen atoms in total. The highest BCUT2D eigenvalue weighted by Crippen LogP contribution is 2.34. The molecule has 11 heavy (non-hydrogen) atoms. The van der Waals surface area contributed by atoms with Crippen molar-refractivity contribution in [1.29, 1.82) is 0 Å². The van der Waals surface area contributed by atoms with E-state index < -0.39 is 25.1 Å². The van der Waals surface area contributed by atoms with Gasteiger partial charge in [0, 0.05) is 0 Å². The van der Waals surface area contributed by atoms with Crippen molar-refractivity contribution >= 4 is 0 Å². The summed E-state index contributed by atoms with van der Waals surface area (Å²) in [7, 11) is 0. The van der Waals surface area contributed by atoms with Gasteiger partial charge in [-0.15, -0.1) is 8.78 Å². The third-order valence-corrected chi connectivity index (χ3v) is 0.766. The normalized spacial score (nSPS) is 21.1. The number of rotatable bonds is 2. The maximum atomic E-state index is 12.0. The van der Waals surface area contributed by atoms with Crippen LogP contribution in [0.5, 0.6) is 0 Å². The predicted octanol–water partition coefficient (Wildman–Crippen LogP) is 1.62. The van der Waals surface area contributed by atoms with Crippen LogP contribution in [0.15, 0.2) is 12.0 Å². The van der Waals surface area contributed by atoms with Gasteiger partial charge in [0.1, 0.15) is 0 Å². The van der Waals surface area contributed by atoms with Crippen LogP contribution in [0.1, 0.15) is 0 Å². The largest absolute Gasteiger partial charge is 0.590 e. The fraction of sp³-hybridized carbons (Fsp3) is 0.500. The minimum absolute atomic E-state index is 1.28. The molecule has 0 spiro atoms. The fourth-order valence-corrected chi connectivity index (χ4v) is 0.451. The van der Waals surface area contributed by atoms with Crippen LogP contribution in [0, 0.1) is 0 Å². The van der Waals surface area contributed by atoms with Gasteiger partial charge in [-0.25, -0.2) is 4.39 Å². The first kappa shape index (κ1) is 7.96. The molecule has 0 saturated carbocycles. The fourth-order valence-electron chi connectivity index (χ4n) is 0.451. The Hall–Kier alpha value is -1.14. The maximum Gasteiger partial charge on any atom is 0.590 e. The second-order valence-electron chi connectivity index (χ2n) is 1.48. The lowest BCUT2D eigenvalue weighted by Crippen LogP contribution is -2.16. The van der Waals surface area contributed by atoms with Gasteiger partial charge in [-0.3, -0.25) is 0 Å². The monoisotopic (exact) mass is 174 g/mol. The molecule has 1 rings (SSSR count). The molecule has 0 N–H and O–H groups in total. The van der Waals surface area contributed by atoms with E-state index in [4.69, 9.17) is 0 Å². The average molecular weight is 174 g/mol. The summed E-state index contributed by atoms with van der Waals surface area (Å²) in [6, 6.07) is -1.77. The van der Waals surface area contributed by atoms with Crippen molar-refractivity contribution in [2.24, 2.45) is 0 Å². The predicted molar refractivity (Wildman–Crippen MR) is 22.3 cm³/mol. The van der Waals surface area contributed by atoms with Crippen molar-refractivity contribution in [2.75, 3.05) is 6.86 Å². The molecule has 64 valence electrons. The van der Waals surface area contributed by atoms with Crippen molar-refractivity contribution in [3.05, 3.63) is 12.0 Å². The summed E-state index contributed by atoms with van der Waals surface area (Å²) in [5.74, 6) is -1.28. The van der Waals surface area contributed by atoms with Gasteiger partial charge in [0.05, 0.1) is 0 Å². The molecule has 7 heteroatoms. The van der Waals surface area contributed by atoms with E-state index in [1.165, 1.54) is 0 Å². The summed E-state index contributed by atoms with van der Waals surface area (Å²) < 4.78 is 57.2. The van der Waals surface area contributed by atoms with Crippen LogP contribution >= 0.6 is 0 Å². The highest BCUT2D eigenvalue weighted by atomic mass is 19.3. The summed E-state index contributed by atoms with van der Waals surface area (Å²) in [5, 5.41) is 0. The zero-order chi connectivity index (χ0) is 8.48. The number of ether oxygens (including phenoxy) is 3. The second-order valence-corrected chi connectivity index (χ2v) is 1.48. The van der Waals surface area contributed by atoms with Gasteiger partial charge in [0.2, 0.25) is 6.86 Å². The SMILES string of the molecule is FCOC1=C(F)OC(F)(F)O1. The molecule has 0 amide bonds. The van der Waals surface area contributed by atoms with Crippen LogP contribution in [0.4, 0.5) is 17.6 Å². The van der Waals surface area contributed by atoms with Crippen molar-refractivity contribution in [3.63, 3.8) is 0 Å². The molecule has 0 atom stereocenters. The average Bonchev–Trinajstić information content (AvgIpc) is 2.07. The molecule has 0 aromatic carbocycles. The first-order chi connectivity index (χ1) is 5.05. The van der Waals surface area contributed by atoms with Crippen LogP contribution in [0.2, 0.25) is 0 Å². The summed E-state index contributed by atoms with van der Waals surface area (Å²) in [5.41, 5.74) is 0. The number of hydrogen-bond acceptors (Lipinski definition) is 3. The molecule has 0 bridgehead atoms. The summed E-state index contributed by atoms with van der Waals surface area (Å²) in [6.45, 7) is -1.47. The van der Waals surface area contributed by atoms with Gasteiger partial charge in [0.25, 0.3) is 0 Å². The van der Waals surface area contributed by atoms with Crippen molar-refractivity contribution in [2.45, 2.75) is 6.29 Å². The van der Waals surface area contributed by atoms with E-state index in [1.54, 1.807) is 0 Å². The standard InChI is InChI=1S/C4H2F4O3/c5-1-9-3-2(6)10-4(7,8)11-3/h1H2. The highest BCUT2D eigenvalue weighted by Gasteiger charge is 2.47. The van der Waals surface area contributed by atoms with Gasteiger partial charge in [-0.05, 0) is 0 Å². The lowest BCUT2D eigenvalue weighted by molar-refractivity contribution is -0.349. The van der Waals surface area contributed by atoms with E-state index in [9.17, 15) is 17.6 Å². The summed E-state index contributed by atoms with van der Waals surface area (Å²) in [4.78, 5) is 0.